The number of benzene rings is 2. The van der Waals surface area contributed by atoms with E-state index < -0.39 is 18.1 Å². The van der Waals surface area contributed by atoms with Gasteiger partial charge >= 0.3 is 12.1 Å². The number of fused-ring (bicyclic) bond motifs is 3. The summed E-state index contributed by atoms with van der Waals surface area (Å²) in [6.07, 6.45) is -0.191. The van der Waals surface area contributed by atoms with Crippen molar-refractivity contribution in [3.05, 3.63) is 59.7 Å². The minimum absolute atomic E-state index is 0.0803. The molecule has 2 unspecified atom stereocenters. The predicted octanol–water partition coefficient (Wildman–Crippen LogP) is 2.78. The van der Waals surface area contributed by atoms with Crippen LogP contribution in [0.5, 0.6) is 0 Å². The lowest BCUT2D eigenvalue weighted by atomic mass is 9.98. The van der Waals surface area contributed by atoms with Gasteiger partial charge < -0.3 is 24.6 Å². The van der Waals surface area contributed by atoms with E-state index in [1.807, 2.05) is 36.4 Å². The first-order valence-electron chi connectivity index (χ1n) is 9.67. The van der Waals surface area contributed by atoms with E-state index in [1.165, 1.54) is 0 Å². The maximum Gasteiger partial charge on any atom is 0.407 e. The summed E-state index contributed by atoms with van der Waals surface area (Å²) in [6, 6.07) is 14.9. The average molecular weight is 397 g/mol. The molecule has 1 fully saturated rings. The van der Waals surface area contributed by atoms with Crippen molar-refractivity contribution < 1.29 is 28.9 Å². The zero-order valence-corrected chi connectivity index (χ0v) is 15.9. The first kappa shape index (κ1) is 19.4. The molecule has 0 radical (unpaired) electrons. The highest BCUT2D eigenvalue weighted by Gasteiger charge is 2.30. The van der Waals surface area contributed by atoms with Gasteiger partial charge in [-0.05, 0) is 28.7 Å². The van der Waals surface area contributed by atoms with Crippen LogP contribution in [0.1, 0.15) is 23.5 Å². The van der Waals surface area contributed by atoms with Crippen LogP contribution in [0.4, 0.5) is 4.79 Å². The molecule has 0 bridgehead atoms. The zero-order chi connectivity index (χ0) is 20.2. The van der Waals surface area contributed by atoms with Crippen molar-refractivity contribution in [3.63, 3.8) is 0 Å². The highest BCUT2D eigenvalue weighted by molar-refractivity contribution is 5.81. The Bertz CT molecular complexity index is 847. The van der Waals surface area contributed by atoms with Crippen molar-refractivity contribution in [1.82, 2.24) is 5.32 Å². The summed E-state index contributed by atoms with van der Waals surface area (Å²) < 4.78 is 16.1. The number of carbonyl (C=O) groups is 2. The third-order valence-electron chi connectivity index (χ3n) is 5.32. The van der Waals surface area contributed by atoms with E-state index in [0.29, 0.717) is 13.2 Å². The number of hydrogen-bond donors (Lipinski definition) is 2. The molecule has 0 aromatic heterocycles. The number of alkyl carbamates (subject to hydrolysis) is 1. The van der Waals surface area contributed by atoms with E-state index in [0.717, 1.165) is 28.7 Å². The van der Waals surface area contributed by atoms with Gasteiger partial charge in [-0.3, -0.25) is 0 Å². The molecule has 1 heterocycles. The molecule has 7 nitrogen and oxygen atoms in total. The van der Waals surface area contributed by atoms with Gasteiger partial charge in [0.25, 0.3) is 0 Å². The fourth-order valence-corrected chi connectivity index (χ4v) is 3.83. The van der Waals surface area contributed by atoms with Gasteiger partial charge in [-0.25, -0.2) is 9.59 Å². The van der Waals surface area contributed by atoms with E-state index in [-0.39, 0.29) is 25.2 Å². The Morgan fingerprint density at radius 1 is 1.10 bits per heavy atom. The molecule has 29 heavy (non-hydrogen) atoms. The molecule has 2 aromatic carbocycles. The first-order valence-corrected chi connectivity index (χ1v) is 9.67. The molecular formula is C22H23NO6. The number of carboxylic acid groups (broad SMARTS) is 1. The van der Waals surface area contributed by atoms with Crippen LogP contribution in [0, 0.1) is 0 Å². The number of hydrogen-bond acceptors (Lipinski definition) is 5. The Morgan fingerprint density at radius 2 is 1.76 bits per heavy atom. The molecular weight excluding hydrogens is 374 g/mol. The van der Waals surface area contributed by atoms with E-state index in [4.69, 9.17) is 14.2 Å². The van der Waals surface area contributed by atoms with Gasteiger partial charge in [-0.1, -0.05) is 48.5 Å². The predicted molar refractivity (Wildman–Crippen MR) is 105 cm³/mol. The maximum atomic E-state index is 12.3. The van der Waals surface area contributed by atoms with Crippen LogP contribution in [0.3, 0.4) is 0 Å². The topological polar surface area (TPSA) is 94.1 Å². The highest BCUT2D eigenvalue weighted by atomic mass is 16.6. The number of amides is 1. The van der Waals surface area contributed by atoms with Gasteiger partial charge in [-0.15, -0.1) is 0 Å². The minimum Gasteiger partial charge on any atom is -0.480 e. The molecule has 2 N–H and O–H groups in total. The zero-order valence-electron chi connectivity index (χ0n) is 15.9. The third-order valence-corrected chi connectivity index (χ3v) is 5.32. The van der Waals surface area contributed by atoms with Crippen molar-refractivity contribution in [2.75, 3.05) is 26.4 Å². The quantitative estimate of drug-likeness (QED) is 0.746. The Morgan fingerprint density at radius 3 is 2.34 bits per heavy atom. The lowest BCUT2D eigenvalue weighted by Gasteiger charge is -2.18. The summed E-state index contributed by atoms with van der Waals surface area (Å²) in [7, 11) is 0. The summed E-state index contributed by atoms with van der Waals surface area (Å²) in [5.74, 6) is -1.25. The van der Waals surface area contributed by atoms with Crippen LogP contribution in [0.2, 0.25) is 0 Å². The molecule has 0 saturated carbocycles. The van der Waals surface area contributed by atoms with Gasteiger partial charge in [0.15, 0.2) is 6.04 Å². The van der Waals surface area contributed by atoms with Crippen molar-refractivity contribution in [2.24, 2.45) is 0 Å². The maximum absolute atomic E-state index is 12.3. The van der Waals surface area contributed by atoms with Gasteiger partial charge in [0.05, 0.1) is 19.3 Å². The van der Waals surface area contributed by atoms with Gasteiger partial charge in [0.1, 0.15) is 6.61 Å². The Labute approximate surface area is 168 Å². The lowest BCUT2D eigenvalue weighted by Crippen LogP contribution is -2.45. The monoisotopic (exact) mass is 397 g/mol. The number of carbonyl (C=O) groups excluding carboxylic acids is 1. The van der Waals surface area contributed by atoms with Gasteiger partial charge in [-0.2, -0.15) is 0 Å². The van der Waals surface area contributed by atoms with Gasteiger partial charge in [0.2, 0.25) is 0 Å². The molecule has 2 atom stereocenters. The largest absolute Gasteiger partial charge is 0.480 e. The summed E-state index contributed by atoms with van der Waals surface area (Å²) in [4.78, 5) is 23.7. The second kappa shape index (κ2) is 8.63. The van der Waals surface area contributed by atoms with E-state index in [2.05, 4.69) is 17.4 Å². The molecule has 1 saturated heterocycles. The molecule has 0 spiro atoms. The smallest absolute Gasteiger partial charge is 0.407 e. The third kappa shape index (κ3) is 4.26. The van der Waals surface area contributed by atoms with Crippen molar-refractivity contribution in [3.8, 4) is 11.1 Å². The van der Waals surface area contributed by atoms with Gasteiger partial charge in [0, 0.05) is 12.5 Å². The standard InChI is InChI=1S/C22H23NO6/c24-21(25)20(13-28-14-9-10-27-11-14)23-22(26)29-12-19-17-7-3-1-5-15(17)16-6-2-4-8-18(16)19/h1-8,14,19-20H,9-13H2,(H,23,26)(H,24,25). The van der Waals surface area contributed by atoms with Crippen LogP contribution in [0.25, 0.3) is 11.1 Å². The fourth-order valence-electron chi connectivity index (χ4n) is 3.83. The van der Waals surface area contributed by atoms with Crippen molar-refractivity contribution >= 4 is 12.1 Å². The Balaban J connectivity index is 1.37. The summed E-state index contributed by atoms with van der Waals surface area (Å²) in [5.41, 5.74) is 4.46. The number of aliphatic carboxylic acids is 1. The fraction of sp³-hybridized carbons (Fsp3) is 0.364. The molecule has 1 aliphatic heterocycles. The number of rotatable bonds is 7. The molecule has 152 valence electrons. The summed E-state index contributed by atoms with van der Waals surface area (Å²) in [5, 5.41) is 11.7. The molecule has 7 heteroatoms. The SMILES string of the molecule is O=C(NC(COC1CCOC1)C(=O)O)OCC1c2ccccc2-c2ccccc21. The van der Waals surface area contributed by atoms with E-state index in [9.17, 15) is 14.7 Å². The van der Waals surface area contributed by atoms with Crippen LogP contribution in [-0.2, 0) is 19.0 Å². The Hall–Kier alpha value is -2.90. The number of nitrogens with one attached hydrogen (secondary N) is 1. The highest BCUT2D eigenvalue weighted by Crippen LogP contribution is 2.44. The van der Waals surface area contributed by atoms with Crippen LogP contribution >= 0.6 is 0 Å². The lowest BCUT2D eigenvalue weighted by molar-refractivity contribution is -0.141. The van der Waals surface area contributed by atoms with Crippen molar-refractivity contribution in [2.45, 2.75) is 24.5 Å². The van der Waals surface area contributed by atoms with Crippen LogP contribution < -0.4 is 5.32 Å². The number of carboxylic acids is 1. The minimum atomic E-state index is -1.17. The summed E-state index contributed by atoms with van der Waals surface area (Å²) >= 11 is 0. The Kier molecular flexibility index (Phi) is 5.78. The van der Waals surface area contributed by atoms with Crippen LogP contribution in [-0.4, -0.2) is 55.7 Å². The second-order valence-corrected chi connectivity index (χ2v) is 7.18. The molecule has 1 amide bonds. The normalized spacial score (nSPS) is 18.7. The van der Waals surface area contributed by atoms with E-state index in [1.54, 1.807) is 0 Å². The van der Waals surface area contributed by atoms with Crippen molar-refractivity contribution in [1.29, 1.82) is 0 Å². The molecule has 2 aliphatic rings. The van der Waals surface area contributed by atoms with Crippen LogP contribution in [0.15, 0.2) is 48.5 Å². The molecule has 4 rings (SSSR count). The molecule has 2 aromatic rings. The average Bonchev–Trinajstić information content (AvgIpc) is 3.35. The number of ether oxygens (including phenoxy) is 3. The molecule has 1 aliphatic carbocycles. The second-order valence-electron chi connectivity index (χ2n) is 7.18. The van der Waals surface area contributed by atoms with E-state index >= 15 is 0 Å². The first-order chi connectivity index (χ1) is 14.1. The summed E-state index contributed by atoms with van der Waals surface area (Å²) in [6.45, 7) is 1.04.